The summed E-state index contributed by atoms with van der Waals surface area (Å²) in [6.45, 7) is 18.1. The molecule has 0 saturated carbocycles. The molecule has 2 fully saturated rings. The molecule has 0 amide bonds. The summed E-state index contributed by atoms with van der Waals surface area (Å²) in [7, 11) is 0. The first-order chi connectivity index (χ1) is 19.8. The molecule has 3 aliphatic rings. The Morgan fingerprint density at radius 1 is 1.17 bits per heavy atom. The number of rotatable bonds is 9. The molecule has 4 heterocycles. The average Bonchev–Trinajstić information content (AvgIpc) is 2.99. The highest BCUT2D eigenvalue weighted by atomic mass is 16.5. The van der Waals surface area contributed by atoms with E-state index in [4.69, 9.17) is 14.5 Å². The zero-order chi connectivity index (χ0) is 28.9. The minimum Gasteiger partial charge on any atom is -0.488 e. The number of hydrogen-bond acceptors (Lipinski definition) is 6. The number of carboxylic acid groups (broad SMARTS) is 1. The van der Waals surface area contributed by atoms with Gasteiger partial charge in [-0.2, -0.15) is 0 Å². The van der Waals surface area contributed by atoms with Crippen molar-refractivity contribution in [1.29, 1.82) is 0 Å². The lowest BCUT2D eigenvalue weighted by Gasteiger charge is -2.38. The van der Waals surface area contributed by atoms with Gasteiger partial charge in [0.15, 0.2) is 0 Å². The van der Waals surface area contributed by atoms with Crippen molar-refractivity contribution in [2.45, 2.75) is 65.1 Å². The molecule has 1 N–H and O–H groups in total. The fourth-order valence-electron chi connectivity index (χ4n) is 6.42. The summed E-state index contributed by atoms with van der Waals surface area (Å²) in [5.41, 5.74) is 7.76. The fourth-order valence-corrected chi connectivity index (χ4v) is 6.42. The summed E-state index contributed by atoms with van der Waals surface area (Å²) in [4.78, 5) is 21.1. The second kappa shape index (κ2) is 13.0. The van der Waals surface area contributed by atoms with Gasteiger partial charge in [0.25, 0.3) is 0 Å². The van der Waals surface area contributed by atoms with Crippen LogP contribution < -0.4 is 4.90 Å². The molecule has 0 aliphatic carbocycles. The molecule has 41 heavy (non-hydrogen) atoms. The van der Waals surface area contributed by atoms with Crippen molar-refractivity contribution in [3.8, 4) is 0 Å². The lowest BCUT2D eigenvalue weighted by atomic mass is 9.91. The van der Waals surface area contributed by atoms with Gasteiger partial charge in [0.2, 0.25) is 0 Å². The van der Waals surface area contributed by atoms with Crippen LogP contribution in [-0.2, 0) is 33.8 Å². The molecule has 0 bridgehead atoms. The summed E-state index contributed by atoms with van der Waals surface area (Å²) in [6, 6.07) is 11.1. The molecule has 2 saturated heterocycles. The molecule has 2 aromatic rings. The molecule has 1 aromatic heterocycles. The standard InChI is InChI=1S/C34H43N3O4/c1-5-29(31-7-6-8-32(35-31)36-14-9-26(10-15-36)34(38)39)33(23(2)3)41-22-25-19-24(4)30-21-37(16-11-27(30)20-25)28-12-17-40-18-13-28/h5-8,19-20,26,28H,1-2,9-18,21-22H2,3-4H3,(H,38,39)/b33-29-. The molecular formula is C34H43N3O4. The van der Waals surface area contributed by atoms with Crippen LogP contribution in [0, 0.1) is 12.8 Å². The highest BCUT2D eigenvalue weighted by molar-refractivity contribution is 5.76. The number of piperidine rings is 1. The van der Waals surface area contributed by atoms with E-state index in [1.54, 1.807) is 6.08 Å². The topological polar surface area (TPSA) is 75.1 Å². The Kier molecular flexibility index (Phi) is 9.25. The number of carbonyl (C=O) groups is 1. The molecule has 0 atom stereocenters. The first-order valence-electron chi connectivity index (χ1n) is 14.9. The van der Waals surface area contributed by atoms with Gasteiger partial charge in [0.05, 0.1) is 11.6 Å². The predicted octanol–water partition coefficient (Wildman–Crippen LogP) is 5.92. The van der Waals surface area contributed by atoms with E-state index >= 15 is 0 Å². The Balaban J connectivity index is 1.31. The number of pyridine rings is 1. The van der Waals surface area contributed by atoms with Crippen molar-refractivity contribution < 1.29 is 19.4 Å². The first kappa shape index (κ1) is 29.1. The molecule has 1 aromatic carbocycles. The van der Waals surface area contributed by atoms with Crippen LogP contribution in [0.2, 0.25) is 0 Å². The molecule has 0 radical (unpaired) electrons. The average molecular weight is 558 g/mol. The highest BCUT2D eigenvalue weighted by Crippen LogP contribution is 2.31. The van der Waals surface area contributed by atoms with Crippen molar-refractivity contribution in [3.05, 3.63) is 88.8 Å². The molecule has 5 rings (SSSR count). The van der Waals surface area contributed by atoms with Crippen molar-refractivity contribution in [3.63, 3.8) is 0 Å². The van der Waals surface area contributed by atoms with Gasteiger partial charge in [-0.25, -0.2) is 4.98 Å². The Bertz CT molecular complexity index is 1320. The maximum Gasteiger partial charge on any atom is 0.306 e. The van der Waals surface area contributed by atoms with E-state index in [9.17, 15) is 9.90 Å². The molecule has 3 aliphatic heterocycles. The lowest BCUT2D eigenvalue weighted by molar-refractivity contribution is -0.142. The van der Waals surface area contributed by atoms with E-state index in [-0.39, 0.29) is 5.92 Å². The SMILES string of the molecule is C=C/C(=C(/OCc1cc(C)c2c(c1)CCN(C1CCOCC1)C2)C(=C)C)c1cccc(N2CCC(C(=O)O)CC2)n1. The number of benzene rings is 1. The first-order valence-corrected chi connectivity index (χ1v) is 14.9. The smallest absolute Gasteiger partial charge is 0.306 e. The Morgan fingerprint density at radius 3 is 2.61 bits per heavy atom. The summed E-state index contributed by atoms with van der Waals surface area (Å²) in [5, 5.41) is 9.34. The number of carboxylic acids is 1. The van der Waals surface area contributed by atoms with E-state index in [1.807, 2.05) is 25.1 Å². The van der Waals surface area contributed by atoms with Gasteiger partial charge in [0, 0.05) is 51.0 Å². The van der Waals surface area contributed by atoms with E-state index in [0.29, 0.717) is 44.3 Å². The molecular weight excluding hydrogens is 514 g/mol. The van der Waals surface area contributed by atoms with Crippen LogP contribution in [-0.4, -0.2) is 59.8 Å². The zero-order valence-electron chi connectivity index (χ0n) is 24.5. The van der Waals surface area contributed by atoms with E-state index in [1.165, 1.54) is 16.7 Å². The van der Waals surface area contributed by atoms with Crippen molar-refractivity contribution >= 4 is 17.4 Å². The Morgan fingerprint density at radius 2 is 1.93 bits per heavy atom. The molecule has 7 nitrogen and oxygen atoms in total. The van der Waals surface area contributed by atoms with E-state index in [2.05, 4.69) is 42.0 Å². The number of anilines is 1. The molecule has 0 spiro atoms. The highest BCUT2D eigenvalue weighted by Gasteiger charge is 2.27. The summed E-state index contributed by atoms with van der Waals surface area (Å²) >= 11 is 0. The number of hydrogen-bond donors (Lipinski definition) is 1. The van der Waals surface area contributed by atoms with Crippen LogP contribution in [0.25, 0.3) is 5.57 Å². The fraction of sp³-hybridized carbons (Fsp3) is 0.471. The van der Waals surface area contributed by atoms with Crippen LogP contribution in [0.3, 0.4) is 0 Å². The third-order valence-electron chi connectivity index (χ3n) is 8.76. The summed E-state index contributed by atoms with van der Waals surface area (Å²) < 4.78 is 12.0. The molecule has 0 unspecified atom stereocenters. The van der Waals surface area contributed by atoms with Gasteiger partial charge in [-0.1, -0.05) is 37.4 Å². The Hall–Kier alpha value is -3.42. The minimum atomic E-state index is -0.711. The van der Waals surface area contributed by atoms with Crippen LogP contribution in [0.5, 0.6) is 0 Å². The normalized spacial score (nSPS) is 19.3. The van der Waals surface area contributed by atoms with Crippen molar-refractivity contribution in [2.24, 2.45) is 5.92 Å². The van der Waals surface area contributed by atoms with Crippen molar-refractivity contribution in [1.82, 2.24) is 9.88 Å². The number of nitrogens with zero attached hydrogens (tertiary/aromatic N) is 3. The van der Waals surface area contributed by atoms with Gasteiger partial charge in [0.1, 0.15) is 18.2 Å². The van der Waals surface area contributed by atoms with Gasteiger partial charge >= 0.3 is 5.97 Å². The van der Waals surface area contributed by atoms with Crippen molar-refractivity contribution in [2.75, 3.05) is 37.7 Å². The number of aromatic nitrogens is 1. The van der Waals surface area contributed by atoms with Gasteiger partial charge in [-0.05, 0) is 85.9 Å². The minimum absolute atomic E-state index is 0.278. The largest absolute Gasteiger partial charge is 0.488 e. The van der Waals surface area contributed by atoms with Gasteiger partial charge in [-0.3, -0.25) is 9.69 Å². The molecule has 7 heteroatoms. The van der Waals surface area contributed by atoms with Gasteiger partial charge < -0.3 is 19.5 Å². The maximum atomic E-state index is 11.4. The van der Waals surface area contributed by atoms with Crippen LogP contribution >= 0.6 is 0 Å². The van der Waals surface area contributed by atoms with Crippen LogP contribution in [0.15, 0.2) is 60.9 Å². The molecule has 218 valence electrons. The third kappa shape index (κ3) is 6.74. The van der Waals surface area contributed by atoms with E-state index < -0.39 is 5.97 Å². The number of ether oxygens (including phenoxy) is 2. The zero-order valence-corrected chi connectivity index (χ0v) is 24.5. The Labute approximate surface area is 244 Å². The second-order valence-corrected chi connectivity index (χ2v) is 11.6. The number of fused-ring (bicyclic) bond motifs is 1. The maximum absolute atomic E-state index is 11.4. The lowest BCUT2D eigenvalue weighted by Crippen LogP contribution is -2.42. The summed E-state index contributed by atoms with van der Waals surface area (Å²) in [5.74, 6) is 0.541. The number of aliphatic carboxylic acids is 1. The van der Waals surface area contributed by atoms with Crippen LogP contribution in [0.1, 0.15) is 60.6 Å². The second-order valence-electron chi connectivity index (χ2n) is 11.6. The summed E-state index contributed by atoms with van der Waals surface area (Å²) in [6.07, 6.45) is 6.35. The van der Waals surface area contributed by atoms with E-state index in [0.717, 1.165) is 73.8 Å². The quantitative estimate of drug-likeness (QED) is 0.303. The van der Waals surface area contributed by atoms with Gasteiger partial charge in [-0.15, -0.1) is 0 Å². The number of aryl methyl sites for hydroxylation is 1. The van der Waals surface area contributed by atoms with Crippen LogP contribution in [0.4, 0.5) is 5.82 Å². The number of allylic oxidation sites excluding steroid dienone is 3. The third-order valence-corrected chi connectivity index (χ3v) is 8.76. The monoisotopic (exact) mass is 557 g/mol. The predicted molar refractivity (Wildman–Crippen MR) is 163 cm³/mol.